The Kier molecular flexibility index (Phi) is 1.19. The number of aldehydes is 1. The van der Waals surface area contributed by atoms with Crippen molar-refractivity contribution in [2.45, 2.75) is 0 Å². The number of hydrogen-bond acceptors (Lipinski definition) is 2. The van der Waals surface area contributed by atoms with Crippen LogP contribution in [0, 0.1) is 17.8 Å². The lowest BCUT2D eigenvalue weighted by Gasteiger charge is -2.13. The van der Waals surface area contributed by atoms with Crippen molar-refractivity contribution in [3.8, 4) is 0 Å². The average molecular weight is 155 g/mol. The van der Waals surface area contributed by atoms with E-state index < -0.39 is 6.09 Å². The van der Waals surface area contributed by atoms with Crippen LogP contribution in [0.2, 0.25) is 0 Å². The van der Waals surface area contributed by atoms with Gasteiger partial charge in [0.05, 0.1) is 0 Å². The number of piperidine rings is 1. The van der Waals surface area contributed by atoms with Crippen molar-refractivity contribution in [2.24, 2.45) is 17.8 Å². The first-order valence-corrected chi connectivity index (χ1v) is 3.67. The number of nitrogens with zero attached hydrogens (tertiary/aromatic N) is 1. The molecule has 1 N–H and O–H groups in total. The van der Waals surface area contributed by atoms with Gasteiger partial charge in [-0.25, -0.2) is 4.79 Å². The molecule has 0 aromatic rings. The largest absolute Gasteiger partial charge is 0.465 e. The van der Waals surface area contributed by atoms with E-state index in [2.05, 4.69) is 0 Å². The van der Waals surface area contributed by atoms with Gasteiger partial charge in [-0.3, -0.25) is 0 Å². The summed E-state index contributed by atoms with van der Waals surface area (Å²) in [7, 11) is 0. The number of carboxylic acid groups (broad SMARTS) is 1. The van der Waals surface area contributed by atoms with Crippen LogP contribution in [-0.4, -0.2) is 35.5 Å². The van der Waals surface area contributed by atoms with E-state index >= 15 is 0 Å². The summed E-state index contributed by atoms with van der Waals surface area (Å²) in [6.45, 7) is 1.12. The Labute approximate surface area is 63.8 Å². The molecule has 60 valence electrons. The molecule has 1 aliphatic carbocycles. The van der Waals surface area contributed by atoms with Gasteiger partial charge in [-0.05, 0) is 11.8 Å². The first-order chi connectivity index (χ1) is 5.24. The number of fused-ring (bicyclic) bond motifs is 1. The first-order valence-electron chi connectivity index (χ1n) is 3.67. The Morgan fingerprint density at radius 2 is 2.00 bits per heavy atom. The fraction of sp³-hybridized carbons (Fsp3) is 0.714. The van der Waals surface area contributed by atoms with E-state index in [0.717, 1.165) is 6.29 Å². The van der Waals surface area contributed by atoms with Crippen LogP contribution in [0.15, 0.2) is 0 Å². The summed E-state index contributed by atoms with van der Waals surface area (Å²) in [5.41, 5.74) is 0. The second kappa shape index (κ2) is 1.96. The van der Waals surface area contributed by atoms with E-state index in [0.29, 0.717) is 24.9 Å². The zero-order chi connectivity index (χ0) is 8.01. The third-order valence-corrected chi connectivity index (χ3v) is 2.69. The first kappa shape index (κ1) is 6.64. The molecule has 2 rings (SSSR count). The monoisotopic (exact) mass is 155 g/mol. The van der Waals surface area contributed by atoms with Crippen molar-refractivity contribution in [2.75, 3.05) is 13.1 Å². The highest BCUT2D eigenvalue weighted by atomic mass is 16.4. The van der Waals surface area contributed by atoms with Gasteiger partial charge in [0.1, 0.15) is 6.29 Å². The molecule has 2 aliphatic rings. The van der Waals surface area contributed by atoms with Gasteiger partial charge in [-0.2, -0.15) is 0 Å². The summed E-state index contributed by atoms with van der Waals surface area (Å²) in [4.78, 5) is 22.1. The summed E-state index contributed by atoms with van der Waals surface area (Å²) < 4.78 is 0. The van der Waals surface area contributed by atoms with Crippen LogP contribution >= 0.6 is 0 Å². The second-order valence-corrected chi connectivity index (χ2v) is 3.23. The molecular formula is C7H9NO3. The quantitative estimate of drug-likeness (QED) is 0.544. The third-order valence-electron chi connectivity index (χ3n) is 2.69. The molecule has 1 saturated carbocycles. The van der Waals surface area contributed by atoms with Crippen molar-refractivity contribution in [3.05, 3.63) is 0 Å². The molecule has 1 saturated heterocycles. The van der Waals surface area contributed by atoms with Crippen molar-refractivity contribution in [3.63, 3.8) is 0 Å². The Hall–Kier alpha value is -1.06. The van der Waals surface area contributed by atoms with Gasteiger partial charge < -0.3 is 14.8 Å². The van der Waals surface area contributed by atoms with Crippen LogP contribution < -0.4 is 0 Å². The van der Waals surface area contributed by atoms with Crippen LogP contribution in [0.4, 0.5) is 4.79 Å². The van der Waals surface area contributed by atoms with Gasteiger partial charge in [0, 0.05) is 19.0 Å². The number of hydrogen-bond donors (Lipinski definition) is 1. The van der Waals surface area contributed by atoms with E-state index in [9.17, 15) is 9.59 Å². The van der Waals surface area contributed by atoms with E-state index in [1.165, 1.54) is 4.90 Å². The lowest BCUT2D eigenvalue weighted by atomic mass is 10.3. The number of amides is 1. The Morgan fingerprint density at radius 1 is 1.45 bits per heavy atom. The smallest absolute Gasteiger partial charge is 0.407 e. The molecule has 1 amide bonds. The number of carbonyl (C=O) groups is 2. The Bertz CT molecular complexity index is 204. The van der Waals surface area contributed by atoms with Crippen LogP contribution in [-0.2, 0) is 4.79 Å². The standard InChI is InChI=1S/C7H9NO3/c9-3-6-4-1-8(7(10)11)2-5(4)6/h3-6H,1-2H2,(H,10,11)/t4-,5+,6+. The summed E-state index contributed by atoms with van der Waals surface area (Å²) in [5, 5.41) is 8.55. The molecule has 3 atom stereocenters. The van der Waals surface area contributed by atoms with E-state index in [-0.39, 0.29) is 5.92 Å². The summed E-state index contributed by atoms with van der Waals surface area (Å²) in [6, 6.07) is 0. The highest BCUT2D eigenvalue weighted by molar-refractivity contribution is 5.68. The topological polar surface area (TPSA) is 57.6 Å². The van der Waals surface area contributed by atoms with Gasteiger partial charge in [0.25, 0.3) is 0 Å². The SMILES string of the molecule is O=C[C@@H]1[C@H]2CN(C(=O)O)C[C@@H]12. The molecule has 4 heteroatoms. The van der Waals surface area contributed by atoms with Gasteiger partial charge >= 0.3 is 6.09 Å². The maximum Gasteiger partial charge on any atom is 0.407 e. The van der Waals surface area contributed by atoms with Gasteiger partial charge in [0.15, 0.2) is 0 Å². The van der Waals surface area contributed by atoms with E-state index in [4.69, 9.17) is 5.11 Å². The number of rotatable bonds is 1. The molecule has 1 aliphatic heterocycles. The molecule has 0 aromatic heterocycles. The predicted octanol–water partition coefficient (Wildman–Crippen LogP) is 0.0411. The van der Waals surface area contributed by atoms with Crippen molar-refractivity contribution >= 4 is 12.4 Å². The Morgan fingerprint density at radius 3 is 2.36 bits per heavy atom. The van der Waals surface area contributed by atoms with Crippen molar-refractivity contribution in [1.29, 1.82) is 0 Å². The highest BCUT2D eigenvalue weighted by Crippen LogP contribution is 2.50. The minimum atomic E-state index is -0.859. The zero-order valence-corrected chi connectivity index (χ0v) is 5.93. The molecule has 0 bridgehead atoms. The summed E-state index contributed by atoms with van der Waals surface area (Å²) in [6.07, 6.45) is 0.0935. The van der Waals surface area contributed by atoms with Crippen molar-refractivity contribution in [1.82, 2.24) is 4.90 Å². The average Bonchev–Trinajstić information content (AvgIpc) is 2.41. The van der Waals surface area contributed by atoms with E-state index in [1.54, 1.807) is 0 Å². The lowest BCUT2D eigenvalue weighted by Crippen LogP contribution is -2.29. The molecule has 4 nitrogen and oxygen atoms in total. The van der Waals surface area contributed by atoms with Gasteiger partial charge in [0.2, 0.25) is 0 Å². The van der Waals surface area contributed by atoms with Crippen LogP contribution in [0.1, 0.15) is 0 Å². The minimum absolute atomic E-state index is 0.158. The molecule has 11 heavy (non-hydrogen) atoms. The van der Waals surface area contributed by atoms with Gasteiger partial charge in [-0.1, -0.05) is 0 Å². The maximum absolute atomic E-state index is 10.4. The molecule has 1 heterocycles. The highest BCUT2D eigenvalue weighted by Gasteiger charge is 2.56. The number of likely N-dealkylation sites (tertiary alicyclic amines) is 1. The fourth-order valence-electron chi connectivity index (χ4n) is 1.93. The lowest BCUT2D eigenvalue weighted by molar-refractivity contribution is -0.109. The maximum atomic E-state index is 10.4. The molecular weight excluding hydrogens is 146 g/mol. The van der Waals surface area contributed by atoms with E-state index in [1.807, 2.05) is 0 Å². The Balaban J connectivity index is 1.94. The van der Waals surface area contributed by atoms with Crippen LogP contribution in [0.3, 0.4) is 0 Å². The normalized spacial score (nSPS) is 40.0. The molecule has 0 spiro atoms. The molecule has 2 fully saturated rings. The number of carbonyl (C=O) groups excluding carboxylic acids is 1. The summed E-state index contributed by atoms with van der Waals surface area (Å²) in [5.74, 6) is 0.831. The molecule has 0 radical (unpaired) electrons. The minimum Gasteiger partial charge on any atom is -0.465 e. The second-order valence-electron chi connectivity index (χ2n) is 3.23. The fourth-order valence-corrected chi connectivity index (χ4v) is 1.93. The predicted molar refractivity (Wildman–Crippen MR) is 36.1 cm³/mol. The van der Waals surface area contributed by atoms with Crippen molar-refractivity contribution < 1.29 is 14.7 Å². The third kappa shape index (κ3) is 0.818. The molecule has 0 unspecified atom stereocenters. The molecule has 0 aromatic carbocycles. The van der Waals surface area contributed by atoms with Crippen LogP contribution in [0.5, 0.6) is 0 Å². The van der Waals surface area contributed by atoms with Gasteiger partial charge in [-0.15, -0.1) is 0 Å². The zero-order valence-electron chi connectivity index (χ0n) is 5.93. The van der Waals surface area contributed by atoms with Crippen LogP contribution in [0.25, 0.3) is 0 Å². The summed E-state index contributed by atoms with van der Waals surface area (Å²) >= 11 is 0.